The Kier molecular flexibility index (Phi) is 3.01. The van der Waals surface area contributed by atoms with Gasteiger partial charge >= 0.3 is 5.97 Å². The molecule has 23 heavy (non-hydrogen) atoms. The maximum atomic E-state index is 10.9. The van der Waals surface area contributed by atoms with Gasteiger partial charge in [-0.25, -0.2) is 9.48 Å². The first kappa shape index (κ1) is 13.4. The van der Waals surface area contributed by atoms with Gasteiger partial charge in [0.2, 0.25) is 6.79 Å². The molecule has 2 heterocycles. The molecule has 1 N–H and O–H groups in total. The van der Waals surface area contributed by atoms with E-state index >= 15 is 0 Å². The Labute approximate surface area is 131 Å². The van der Waals surface area contributed by atoms with Crippen molar-refractivity contribution in [2.24, 2.45) is 0 Å². The lowest BCUT2D eigenvalue weighted by molar-refractivity contribution is 0.0697. The molecule has 0 saturated heterocycles. The quantitative estimate of drug-likeness (QED) is 0.805. The van der Waals surface area contributed by atoms with Gasteiger partial charge in [-0.15, -0.1) is 0 Å². The lowest BCUT2D eigenvalue weighted by Crippen LogP contribution is -1.95. The van der Waals surface area contributed by atoms with Gasteiger partial charge in [-0.1, -0.05) is 12.1 Å². The molecule has 1 aromatic heterocycles. The smallest absolute Gasteiger partial charge is 0.335 e. The highest BCUT2D eigenvalue weighted by Gasteiger charge is 2.14. The van der Waals surface area contributed by atoms with E-state index in [1.54, 1.807) is 35.1 Å². The zero-order valence-electron chi connectivity index (χ0n) is 12.0. The molecule has 6 heteroatoms. The second kappa shape index (κ2) is 5.17. The number of hydrogen-bond acceptors (Lipinski definition) is 4. The molecule has 0 saturated carbocycles. The monoisotopic (exact) mass is 308 g/mol. The highest BCUT2D eigenvalue weighted by molar-refractivity contribution is 5.88. The first-order valence-electron chi connectivity index (χ1n) is 6.99. The summed E-state index contributed by atoms with van der Waals surface area (Å²) in [6.45, 7) is 0.235. The zero-order chi connectivity index (χ0) is 15.8. The van der Waals surface area contributed by atoms with Gasteiger partial charge in [-0.05, 0) is 29.8 Å². The van der Waals surface area contributed by atoms with Gasteiger partial charge in [0.15, 0.2) is 11.5 Å². The Balaban J connectivity index is 1.65. The number of aromatic carboxylic acids is 1. The van der Waals surface area contributed by atoms with Crippen LogP contribution in [0.25, 0.3) is 16.8 Å². The Bertz CT molecular complexity index is 884. The van der Waals surface area contributed by atoms with Gasteiger partial charge in [0.25, 0.3) is 0 Å². The van der Waals surface area contributed by atoms with Crippen LogP contribution in [0.4, 0.5) is 0 Å². The molecule has 0 amide bonds. The van der Waals surface area contributed by atoms with Gasteiger partial charge in [0, 0.05) is 17.8 Å². The molecule has 0 unspecified atom stereocenters. The Hall–Kier alpha value is -3.28. The van der Waals surface area contributed by atoms with Crippen molar-refractivity contribution in [3.8, 4) is 28.3 Å². The SMILES string of the molecule is O=C(O)c1ccc(-c2cnn(-c3ccc4c(c3)OCO4)c2)cc1. The fourth-order valence-electron chi connectivity index (χ4n) is 2.45. The summed E-state index contributed by atoms with van der Waals surface area (Å²) < 4.78 is 12.4. The van der Waals surface area contributed by atoms with Crippen LogP contribution in [-0.2, 0) is 0 Å². The number of rotatable bonds is 3. The molecule has 4 rings (SSSR count). The summed E-state index contributed by atoms with van der Waals surface area (Å²) in [6.07, 6.45) is 3.62. The molecule has 0 atom stereocenters. The minimum atomic E-state index is -0.937. The summed E-state index contributed by atoms with van der Waals surface area (Å²) in [5, 5.41) is 13.3. The molecular weight excluding hydrogens is 296 g/mol. The lowest BCUT2D eigenvalue weighted by Gasteiger charge is -2.03. The van der Waals surface area contributed by atoms with Crippen LogP contribution in [0.15, 0.2) is 54.9 Å². The van der Waals surface area contributed by atoms with E-state index in [0.29, 0.717) is 5.75 Å². The van der Waals surface area contributed by atoms with Gasteiger partial charge in [-0.2, -0.15) is 5.10 Å². The third kappa shape index (κ3) is 2.40. The average Bonchev–Trinajstić information content (AvgIpc) is 3.23. The van der Waals surface area contributed by atoms with E-state index in [-0.39, 0.29) is 12.4 Å². The molecule has 0 fully saturated rings. The number of benzene rings is 2. The van der Waals surface area contributed by atoms with Crippen molar-refractivity contribution in [3.63, 3.8) is 0 Å². The van der Waals surface area contributed by atoms with Crippen molar-refractivity contribution in [1.82, 2.24) is 9.78 Å². The average molecular weight is 308 g/mol. The molecule has 6 nitrogen and oxygen atoms in total. The van der Waals surface area contributed by atoms with Crippen molar-refractivity contribution < 1.29 is 19.4 Å². The highest BCUT2D eigenvalue weighted by Crippen LogP contribution is 2.33. The number of carboxylic acid groups (broad SMARTS) is 1. The van der Waals surface area contributed by atoms with Crippen LogP contribution < -0.4 is 9.47 Å². The van der Waals surface area contributed by atoms with Crippen LogP contribution in [-0.4, -0.2) is 27.6 Å². The second-order valence-electron chi connectivity index (χ2n) is 5.09. The summed E-state index contributed by atoms with van der Waals surface area (Å²) in [4.78, 5) is 10.9. The fraction of sp³-hybridized carbons (Fsp3) is 0.0588. The lowest BCUT2D eigenvalue weighted by atomic mass is 10.1. The number of carboxylic acids is 1. The van der Waals surface area contributed by atoms with Gasteiger partial charge in [0.1, 0.15) is 0 Å². The molecule has 3 aromatic rings. The normalized spacial score (nSPS) is 12.3. The topological polar surface area (TPSA) is 73.6 Å². The minimum Gasteiger partial charge on any atom is -0.478 e. The Morgan fingerprint density at radius 1 is 1.04 bits per heavy atom. The largest absolute Gasteiger partial charge is 0.478 e. The summed E-state index contributed by atoms with van der Waals surface area (Å²) in [5.41, 5.74) is 2.93. The summed E-state index contributed by atoms with van der Waals surface area (Å²) in [7, 11) is 0. The van der Waals surface area contributed by atoms with Crippen LogP contribution in [0.2, 0.25) is 0 Å². The fourth-order valence-corrected chi connectivity index (χ4v) is 2.45. The van der Waals surface area contributed by atoms with E-state index in [1.165, 1.54) is 0 Å². The van der Waals surface area contributed by atoms with E-state index in [4.69, 9.17) is 14.6 Å². The van der Waals surface area contributed by atoms with Crippen molar-refractivity contribution >= 4 is 5.97 Å². The van der Waals surface area contributed by atoms with Crippen LogP contribution >= 0.6 is 0 Å². The molecule has 0 radical (unpaired) electrons. The van der Waals surface area contributed by atoms with Crippen molar-refractivity contribution in [3.05, 3.63) is 60.4 Å². The third-order valence-corrected chi connectivity index (χ3v) is 3.67. The van der Waals surface area contributed by atoms with Crippen LogP contribution in [0, 0.1) is 0 Å². The van der Waals surface area contributed by atoms with Crippen LogP contribution in [0.5, 0.6) is 11.5 Å². The molecule has 1 aliphatic rings. The van der Waals surface area contributed by atoms with E-state index in [1.807, 2.05) is 24.4 Å². The zero-order valence-corrected chi connectivity index (χ0v) is 12.0. The summed E-state index contributed by atoms with van der Waals surface area (Å²) in [5.74, 6) is 0.489. The predicted octanol–water partition coefficient (Wildman–Crippen LogP) is 2.97. The van der Waals surface area contributed by atoms with E-state index in [2.05, 4.69) is 5.10 Å². The maximum Gasteiger partial charge on any atom is 0.335 e. The first-order chi connectivity index (χ1) is 11.2. The number of aromatic nitrogens is 2. The number of ether oxygens (including phenoxy) is 2. The molecule has 114 valence electrons. The van der Waals surface area contributed by atoms with Crippen LogP contribution in [0.3, 0.4) is 0 Å². The van der Waals surface area contributed by atoms with Crippen molar-refractivity contribution in [1.29, 1.82) is 0 Å². The standard InChI is InChI=1S/C17H12N2O4/c20-17(21)12-3-1-11(2-4-12)13-8-18-19(9-13)14-5-6-15-16(7-14)23-10-22-15/h1-9H,10H2,(H,20,21). The molecule has 2 aromatic carbocycles. The molecule has 1 aliphatic heterocycles. The number of nitrogens with zero attached hydrogens (tertiary/aromatic N) is 2. The third-order valence-electron chi connectivity index (χ3n) is 3.67. The first-order valence-corrected chi connectivity index (χ1v) is 6.99. The Morgan fingerprint density at radius 3 is 2.61 bits per heavy atom. The van der Waals surface area contributed by atoms with E-state index < -0.39 is 5.97 Å². The molecule has 0 bridgehead atoms. The second-order valence-corrected chi connectivity index (χ2v) is 5.09. The summed E-state index contributed by atoms with van der Waals surface area (Å²) >= 11 is 0. The maximum absolute atomic E-state index is 10.9. The van der Waals surface area contributed by atoms with E-state index in [9.17, 15) is 4.79 Å². The van der Waals surface area contributed by atoms with Crippen molar-refractivity contribution in [2.75, 3.05) is 6.79 Å². The molecular formula is C17H12N2O4. The number of fused-ring (bicyclic) bond motifs is 1. The number of hydrogen-bond donors (Lipinski definition) is 1. The minimum absolute atomic E-state index is 0.235. The van der Waals surface area contributed by atoms with Gasteiger partial charge < -0.3 is 14.6 Å². The van der Waals surface area contributed by atoms with Crippen LogP contribution in [0.1, 0.15) is 10.4 Å². The highest BCUT2D eigenvalue weighted by atomic mass is 16.7. The molecule has 0 spiro atoms. The number of carbonyl (C=O) groups is 1. The van der Waals surface area contributed by atoms with E-state index in [0.717, 1.165) is 22.6 Å². The summed E-state index contributed by atoms with van der Waals surface area (Å²) in [6, 6.07) is 12.3. The molecule has 0 aliphatic carbocycles. The van der Waals surface area contributed by atoms with Gasteiger partial charge in [-0.3, -0.25) is 0 Å². The van der Waals surface area contributed by atoms with Gasteiger partial charge in [0.05, 0.1) is 17.4 Å². The Morgan fingerprint density at radius 2 is 1.83 bits per heavy atom. The van der Waals surface area contributed by atoms with Crippen molar-refractivity contribution in [2.45, 2.75) is 0 Å². The predicted molar refractivity (Wildman–Crippen MR) is 82.1 cm³/mol.